The molecule has 0 spiro atoms. The zero-order chi connectivity index (χ0) is 12.9. The summed E-state index contributed by atoms with van der Waals surface area (Å²) < 4.78 is 53.2. The fourth-order valence-corrected chi connectivity index (χ4v) is 1.26. The smallest absolute Gasteiger partial charge is 0.389 e. The van der Waals surface area contributed by atoms with Crippen molar-refractivity contribution in [1.29, 1.82) is 0 Å². The lowest BCUT2D eigenvalue weighted by molar-refractivity contribution is -0.138. The Morgan fingerprint density at radius 2 is 1.94 bits per heavy atom. The molecule has 6 heteroatoms. The second-order valence-electron chi connectivity index (χ2n) is 3.61. The quantitative estimate of drug-likeness (QED) is 0.495. The van der Waals surface area contributed by atoms with Gasteiger partial charge in [0.05, 0.1) is 6.61 Å². The van der Waals surface area contributed by atoms with Crippen LogP contribution < -0.4 is 5.73 Å². The molecule has 0 aromatic heterocycles. The fourth-order valence-electron chi connectivity index (χ4n) is 1.26. The highest BCUT2D eigenvalue weighted by molar-refractivity contribution is 5.46. The van der Waals surface area contributed by atoms with Crippen LogP contribution in [0, 0.1) is 5.82 Å². The Labute approximate surface area is 96.4 Å². The van der Waals surface area contributed by atoms with Crippen molar-refractivity contribution in [2.24, 2.45) is 0 Å². The SMILES string of the molecule is Nc1ccc(F)cc1COCCCC(F)(F)F. The van der Waals surface area contributed by atoms with E-state index in [1.807, 2.05) is 0 Å². The minimum Gasteiger partial charge on any atom is -0.398 e. The van der Waals surface area contributed by atoms with E-state index in [1.54, 1.807) is 0 Å². The number of hydrogen-bond acceptors (Lipinski definition) is 2. The Morgan fingerprint density at radius 1 is 1.24 bits per heavy atom. The molecule has 0 heterocycles. The molecule has 0 aliphatic carbocycles. The lowest BCUT2D eigenvalue weighted by atomic mass is 10.2. The largest absolute Gasteiger partial charge is 0.398 e. The molecule has 1 aromatic rings. The van der Waals surface area contributed by atoms with Crippen molar-refractivity contribution in [3.63, 3.8) is 0 Å². The maximum Gasteiger partial charge on any atom is 0.389 e. The third kappa shape index (κ3) is 5.53. The van der Waals surface area contributed by atoms with Gasteiger partial charge in [-0.1, -0.05) is 0 Å². The normalized spacial score (nSPS) is 11.8. The zero-order valence-electron chi connectivity index (χ0n) is 9.06. The van der Waals surface area contributed by atoms with E-state index in [-0.39, 0.29) is 19.6 Å². The third-order valence-electron chi connectivity index (χ3n) is 2.11. The van der Waals surface area contributed by atoms with Crippen LogP contribution in [0.2, 0.25) is 0 Å². The van der Waals surface area contributed by atoms with Gasteiger partial charge in [0.15, 0.2) is 0 Å². The number of hydrogen-bond donors (Lipinski definition) is 1. The number of nitrogens with two attached hydrogens (primary N) is 1. The van der Waals surface area contributed by atoms with Crippen LogP contribution in [0.4, 0.5) is 23.2 Å². The standard InChI is InChI=1S/C11H13F4NO/c12-9-2-3-10(16)8(6-9)7-17-5-1-4-11(13,14)15/h2-3,6H,1,4-5,7,16H2. The summed E-state index contributed by atoms with van der Waals surface area (Å²) in [5.74, 6) is -0.451. The first-order valence-electron chi connectivity index (χ1n) is 5.07. The van der Waals surface area contributed by atoms with Crippen LogP contribution in [0.15, 0.2) is 18.2 Å². The first kappa shape index (κ1) is 13.8. The van der Waals surface area contributed by atoms with Crippen LogP contribution in [0.25, 0.3) is 0 Å². The Balaban J connectivity index is 2.29. The summed E-state index contributed by atoms with van der Waals surface area (Å²) in [5, 5.41) is 0. The number of alkyl halides is 3. The average Bonchev–Trinajstić information content (AvgIpc) is 2.21. The Bertz CT molecular complexity index is 365. The van der Waals surface area contributed by atoms with Crippen LogP contribution >= 0.6 is 0 Å². The van der Waals surface area contributed by atoms with Crippen molar-refractivity contribution in [2.75, 3.05) is 12.3 Å². The van der Waals surface area contributed by atoms with Gasteiger partial charge in [-0.3, -0.25) is 0 Å². The lowest BCUT2D eigenvalue weighted by Crippen LogP contribution is -2.09. The second-order valence-corrected chi connectivity index (χ2v) is 3.61. The van der Waals surface area contributed by atoms with Crippen molar-refractivity contribution in [1.82, 2.24) is 0 Å². The van der Waals surface area contributed by atoms with Crippen molar-refractivity contribution in [2.45, 2.75) is 25.6 Å². The molecule has 0 aliphatic heterocycles. The highest BCUT2D eigenvalue weighted by Crippen LogP contribution is 2.21. The van der Waals surface area contributed by atoms with E-state index in [4.69, 9.17) is 10.5 Å². The van der Waals surface area contributed by atoms with E-state index in [2.05, 4.69) is 0 Å². The number of rotatable bonds is 5. The van der Waals surface area contributed by atoms with E-state index in [0.717, 1.165) is 0 Å². The molecule has 0 aliphatic rings. The number of nitrogen functional groups attached to an aromatic ring is 1. The van der Waals surface area contributed by atoms with Crippen LogP contribution in [0.5, 0.6) is 0 Å². The molecule has 0 saturated heterocycles. The average molecular weight is 251 g/mol. The van der Waals surface area contributed by atoms with Crippen LogP contribution in [-0.2, 0) is 11.3 Å². The minimum absolute atomic E-state index is 0.0153. The summed E-state index contributed by atoms with van der Waals surface area (Å²) in [6, 6.07) is 3.81. The van der Waals surface area contributed by atoms with E-state index < -0.39 is 18.4 Å². The predicted octanol–water partition coefficient (Wildman–Crippen LogP) is 3.27. The first-order chi connectivity index (χ1) is 7.88. The number of halogens is 4. The Kier molecular flexibility index (Phi) is 4.74. The second kappa shape index (κ2) is 5.86. The zero-order valence-corrected chi connectivity index (χ0v) is 9.06. The molecule has 2 N–H and O–H groups in total. The molecule has 0 atom stereocenters. The predicted molar refractivity (Wildman–Crippen MR) is 55.8 cm³/mol. The van der Waals surface area contributed by atoms with E-state index in [1.165, 1.54) is 18.2 Å². The molecule has 17 heavy (non-hydrogen) atoms. The van der Waals surface area contributed by atoms with E-state index in [9.17, 15) is 17.6 Å². The highest BCUT2D eigenvalue weighted by Gasteiger charge is 2.25. The van der Waals surface area contributed by atoms with Gasteiger partial charge in [0.25, 0.3) is 0 Å². The summed E-state index contributed by atoms with van der Waals surface area (Å²) in [4.78, 5) is 0. The molecule has 0 unspecified atom stereocenters. The number of benzene rings is 1. The molecule has 1 aromatic carbocycles. The van der Waals surface area contributed by atoms with Gasteiger partial charge < -0.3 is 10.5 Å². The fraction of sp³-hybridized carbons (Fsp3) is 0.455. The molecular weight excluding hydrogens is 238 g/mol. The van der Waals surface area contributed by atoms with Crippen molar-refractivity contribution in [3.8, 4) is 0 Å². The summed E-state index contributed by atoms with van der Waals surface area (Å²) in [5.41, 5.74) is 6.35. The maximum atomic E-state index is 12.8. The number of ether oxygens (including phenoxy) is 1. The molecule has 0 radical (unpaired) electrons. The van der Waals surface area contributed by atoms with Gasteiger partial charge in [-0.2, -0.15) is 13.2 Å². The van der Waals surface area contributed by atoms with Gasteiger partial charge in [-0.15, -0.1) is 0 Å². The molecule has 2 nitrogen and oxygen atoms in total. The first-order valence-corrected chi connectivity index (χ1v) is 5.07. The van der Waals surface area contributed by atoms with Crippen molar-refractivity contribution in [3.05, 3.63) is 29.6 Å². The summed E-state index contributed by atoms with van der Waals surface area (Å²) >= 11 is 0. The molecule has 0 saturated carbocycles. The highest BCUT2D eigenvalue weighted by atomic mass is 19.4. The summed E-state index contributed by atoms with van der Waals surface area (Å²) in [6.45, 7) is -0.0170. The van der Waals surface area contributed by atoms with Gasteiger partial charge in [0, 0.05) is 24.3 Å². The Hall–Kier alpha value is -1.30. The van der Waals surface area contributed by atoms with Gasteiger partial charge in [-0.25, -0.2) is 4.39 Å². The van der Waals surface area contributed by atoms with Gasteiger partial charge in [-0.05, 0) is 24.6 Å². The molecular formula is C11H13F4NO. The topological polar surface area (TPSA) is 35.2 Å². The van der Waals surface area contributed by atoms with Crippen LogP contribution in [0.1, 0.15) is 18.4 Å². The molecule has 0 bridgehead atoms. The van der Waals surface area contributed by atoms with Crippen LogP contribution in [-0.4, -0.2) is 12.8 Å². The van der Waals surface area contributed by atoms with Crippen LogP contribution in [0.3, 0.4) is 0 Å². The van der Waals surface area contributed by atoms with Crippen molar-refractivity contribution >= 4 is 5.69 Å². The maximum absolute atomic E-state index is 12.8. The van der Waals surface area contributed by atoms with Gasteiger partial charge in [0.1, 0.15) is 5.82 Å². The third-order valence-corrected chi connectivity index (χ3v) is 2.11. The molecule has 96 valence electrons. The lowest BCUT2D eigenvalue weighted by Gasteiger charge is -2.08. The van der Waals surface area contributed by atoms with Crippen molar-refractivity contribution < 1.29 is 22.3 Å². The summed E-state index contributed by atoms with van der Waals surface area (Å²) in [7, 11) is 0. The monoisotopic (exact) mass is 251 g/mol. The van der Waals surface area contributed by atoms with E-state index in [0.29, 0.717) is 11.3 Å². The Morgan fingerprint density at radius 3 is 2.59 bits per heavy atom. The molecule has 0 amide bonds. The molecule has 1 rings (SSSR count). The van der Waals surface area contributed by atoms with Gasteiger partial charge >= 0.3 is 6.18 Å². The molecule has 0 fully saturated rings. The minimum atomic E-state index is -4.17. The summed E-state index contributed by atoms with van der Waals surface area (Å²) in [6.07, 6.45) is -5.16. The van der Waals surface area contributed by atoms with Gasteiger partial charge in [0.2, 0.25) is 0 Å². The number of anilines is 1. The van der Waals surface area contributed by atoms with E-state index >= 15 is 0 Å².